The van der Waals surface area contributed by atoms with Crippen LogP contribution in [0.15, 0.2) is 71.9 Å². The molecule has 0 amide bonds. The number of benzene rings is 2. The molecule has 2 aliphatic rings. The predicted octanol–water partition coefficient (Wildman–Crippen LogP) is 3.64. The van der Waals surface area contributed by atoms with Crippen LogP contribution in [0.1, 0.15) is 17.0 Å². The van der Waals surface area contributed by atoms with Crippen molar-refractivity contribution < 1.29 is 12.8 Å². The number of likely N-dealkylation sites (tertiary alicyclic amines) is 1. The van der Waals surface area contributed by atoms with Gasteiger partial charge in [-0.15, -0.1) is 0 Å². The molecule has 6 heteroatoms. The minimum absolute atomic E-state index is 0.0754. The molecule has 0 saturated carbocycles. The Hall–Kier alpha value is -2.57. The zero-order valence-corrected chi connectivity index (χ0v) is 15.9. The van der Waals surface area contributed by atoms with Gasteiger partial charge in [0.05, 0.1) is 10.1 Å². The largest absolute Gasteiger partial charge is 0.297 e. The summed E-state index contributed by atoms with van der Waals surface area (Å²) in [5.41, 5.74) is 3.49. The minimum atomic E-state index is -3.37. The van der Waals surface area contributed by atoms with Crippen LogP contribution in [0.25, 0.3) is 11.1 Å². The van der Waals surface area contributed by atoms with Gasteiger partial charge in [0.25, 0.3) is 0 Å². The molecule has 0 N–H and O–H groups in total. The summed E-state index contributed by atoms with van der Waals surface area (Å²) in [5.74, 6) is -0.323. The summed E-state index contributed by atoms with van der Waals surface area (Å²) in [6.07, 6.45) is 3.46. The number of halogens is 1. The number of nitrogens with zero attached hydrogens (tertiary/aromatic N) is 2. The Morgan fingerprint density at radius 2 is 1.79 bits per heavy atom. The van der Waals surface area contributed by atoms with E-state index in [2.05, 4.69) is 4.98 Å². The molecule has 0 bridgehead atoms. The number of fused-ring (bicyclic) bond motifs is 3. The van der Waals surface area contributed by atoms with Crippen molar-refractivity contribution in [3.63, 3.8) is 0 Å². The summed E-state index contributed by atoms with van der Waals surface area (Å²) >= 11 is 0. The van der Waals surface area contributed by atoms with Crippen molar-refractivity contribution in [3.8, 4) is 11.1 Å². The lowest BCUT2D eigenvalue weighted by Gasteiger charge is -2.18. The molecule has 0 aliphatic carbocycles. The van der Waals surface area contributed by atoms with Crippen LogP contribution in [0.3, 0.4) is 0 Å². The smallest absolute Gasteiger partial charge is 0.183 e. The number of hydrogen-bond donors (Lipinski definition) is 0. The van der Waals surface area contributed by atoms with E-state index in [1.54, 1.807) is 30.6 Å². The van der Waals surface area contributed by atoms with Gasteiger partial charge in [0, 0.05) is 43.5 Å². The molecule has 1 fully saturated rings. The quantitative estimate of drug-likeness (QED) is 0.681. The molecule has 142 valence electrons. The average Bonchev–Trinajstić information content (AvgIpc) is 3.22. The van der Waals surface area contributed by atoms with E-state index < -0.39 is 15.1 Å². The third-order valence-electron chi connectivity index (χ3n) is 5.82. The number of rotatable bonds is 3. The molecule has 1 saturated heterocycles. The first-order chi connectivity index (χ1) is 13.5. The average molecular weight is 394 g/mol. The number of sulfone groups is 1. The van der Waals surface area contributed by atoms with Crippen molar-refractivity contribution in [1.29, 1.82) is 0 Å². The van der Waals surface area contributed by atoms with Crippen LogP contribution in [0.4, 0.5) is 4.39 Å². The fraction of sp³-hybridized carbons (Fsp3) is 0.227. The molecule has 2 aliphatic heterocycles. The van der Waals surface area contributed by atoms with E-state index in [-0.39, 0.29) is 11.7 Å². The first-order valence-electron chi connectivity index (χ1n) is 9.28. The molecule has 0 unspecified atom stereocenters. The van der Waals surface area contributed by atoms with Crippen LogP contribution < -0.4 is 0 Å². The second kappa shape index (κ2) is 6.50. The van der Waals surface area contributed by atoms with Crippen LogP contribution in [0.2, 0.25) is 0 Å². The molecule has 4 nitrogen and oxygen atoms in total. The lowest BCUT2D eigenvalue weighted by Crippen LogP contribution is -2.26. The summed E-state index contributed by atoms with van der Waals surface area (Å²) < 4.78 is 40.2. The van der Waals surface area contributed by atoms with Crippen molar-refractivity contribution >= 4 is 9.84 Å². The monoisotopic (exact) mass is 394 g/mol. The standard InChI is InChI=1S/C22H19FN2O2S/c23-20-4-2-1-3-17(20)12-25-13-19-18-11-16(15-7-9-24-10-8-15)5-6-21(18)28(26,27)22(19)14-25/h1-11,19,22H,12-14H2/t19-,22-/m1/s1. The van der Waals surface area contributed by atoms with Crippen molar-refractivity contribution in [2.75, 3.05) is 13.1 Å². The number of pyridine rings is 1. The van der Waals surface area contributed by atoms with E-state index in [4.69, 9.17) is 0 Å². The molecule has 2 atom stereocenters. The van der Waals surface area contributed by atoms with Crippen LogP contribution in [0, 0.1) is 5.82 Å². The maximum Gasteiger partial charge on any atom is 0.183 e. The van der Waals surface area contributed by atoms with Crippen LogP contribution >= 0.6 is 0 Å². The second-order valence-electron chi connectivity index (χ2n) is 7.46. The zero-order valence-electron chi connectivity index (χ0n) is 15.1. The highest BCUT2D eigenvalue weighted by Gasteiger charge is 2.50. The molecule has 5 rings (SSSR count). The summed E-state index contributed by atoms with van der Waals surface area (Å²) in [7, 11) is -3.37. The predicted molar refractivity (Wildman–Crippen MR) is 105 cm³/mol. The zero-order chi connectivity index (χ0) is 19.3. The van der Waals surface area contributed by atoms with Gasteiger partial charge >= 0.3 is 0 Å². The highest BCUT2D eigenvalue weighted by molar-refractivity contribution is 7.92. The van der Waals surface area contributed by atoms with Crippen molar-refractivity contribution in [3.05, 3.63) is 83.9 Å². The molecule has 0 radical (unpaired) electrons. The van der Waals surface area contributed by atoms with Gasteiger partial charge < -0.3 is 0 Å². The third-order valence-corrected chi connectivity index (χ3v) is 8.08. The molecule has 3 aromatic rings. The van der Waals surface area contributed by atoms with Gasteiger partial charge in [-0.3, -0.25) is 9.88 Å². The van der Waals surface area contributed by atoms with Gasteiger partial charge in [-0.2, -0.15) is 0 Å². The van der Waals surface area contributed by atoms with E-state index >= 15 is 0 Å². The highest BCUT2D eigenvalue weighted by atomic mass is 32.2. The van der Waals surface area contributed by atoms with Gasteiger partial charge in [-0.05, 0) is 47.0 Å². The lowest BCUT2D eigenvalue weighted by atomic mass is 9.95. The van der Waals surface area contributed by atoms with Crippen molar-refractivity contribution in [1.82, 2.24) is 9.88 Å². The van der Waals surface area contributed by atoms with E-state index in [1.807, 2.05) is 35.2 Å². The van der Waals surface area contributed by atoms with Gasteiger partial charge in [0.15, 0.2) is 9.84 Å². The summed E-state index contributed by atoms with van der Waals surface area (Å²) in [6.45, 7) is 1.47. The van der Waals surface area contributed by atoms with Crippen molar-refractivity contribution in [2.24, 2.45) is 0 Å². The Morgan fingerprint density at radius 3 is 2.57 bits per heavy atom. The molecular weight excluding hydrogens is 375 g/mol. The van der Waals surface area contributed by atoms with Crippen LogP contribution in [0.5, 0.6) is 0 Å². The normalized spacial score (nSPS) is 22.8. The van der Waals surface area contributed by atoms with E-state index in [0.29, 0.717) is 30.1 Å². The lowest BCUT2D eigenvalue weighted by molar-refractivity contribution is 0.320. The topological polar surface area (TPSA) is 50.3 Å². The summed E-state index contributed by atoms with van der Waals surface area (Å²) in [5, 5.41) is -0.457. The Bertz CT molecular complexity index is 1150. The van der Waals surface area contributed by atoms with Crippen molar-refractivity contribution in [2.45, 2.75) is 22.6 Å². The Morgan fingerprint density at radius 1 is 1.00 bits per heavy atom. The van der Waals surface area contributed by atoms with E-state index in [1.165, 1.54) is 6.07 Å². The van der Waals surface area contributed by atoms with Crippen LogP contribution in [-0.2, 0) is 16.4 Å². The summed E-state index contributed by atoms with van der Waals surface area (Å²) in [4.78, 5) is 6.54. The SMILES string of the molecule is O=S1(=O)c2ccc(-c3ccncc3)cc2[C@H]2CN(Cc3ccccc3F)C[C@H]21. The Balaban J connectivity index is 1.48. The fourth-order valence-corrected chi connectivity index (χ4v) is 6.64. The maximum absolute atomic E-state index is 14.0. The Labute approximate surface area is 163 Å². The molecule has 2 aromatic carbocycles. The first kappa shape index (κ1) is 17.5. The number of hydrogen-bond acceptors (Lipinski definition) is 4. The van der Waals surface area contributed by atoms with E-state index in [0.717, 1.165) is 16.7 Å². The Kier molecular flexibility index (Phi) is 4.07. The summed E-state index contributed by atoms with van der Waals surface area (Å²) in [6, 6.07) is 16.1. The molecule has 3 heterocycles. The highest BCUT2D eigenvalue weighted by Crippen LogP contribution is 2.46. The fourth-order valence-electron chi connectivity index (χ4n) is 4.45. The molecule has 1 aromatic heterocycles. The minimum Gasteiger partial charge on any atom is -0.297 e. The molecule has 28 heavy (non-hydrogen) atoms. The first-order valence-corrected chi connectivity index (χ1v) is 10.8. The van der Waals surface area contributed by atoms with Crippen LogP contribution in [-0.4, -0.2) is 36.6 Å². The second-order valence-corrected chi connectivity index (χ2v) is 9.60. The van der Waals surface area contributed by atoms with Gasteiger partial charge in [-0.1, -0.05) is 24.3 Å². The molecule has 0 spiro atoms. The van der Waals surface area contributed by atoms with Gasteiger partial charge in [0.2, 0.25) is 0 Å². The van der Waals surface area contributed by atoms with Gasteiger partial charge in [0.1, 0.15) is 5.82 Å². The maximum atomic E-state index is 14.0. The third kappa shape index (κ3) is 2.75. The number of aromatic nitrogens is 1. The van der Waals surface area contributed by atoms with E-state index in [9.17, 15) is 12.8 Å². The molecular formula is C22H19FN2O2S. The van der Waals surface area contributed by atoms with Gasteiger partial charge in [-0.25, -0.2) is 12.8 Å².